The molecule has 0 aliphatic rings. The summed E-state index contributed by atoms with van der Waals surface area (Å²) in [7, 11) is 0. The molecule has 22 heavy (non-hydrogen) atoms. The summed E-state index contributed by atoms with van der Waals surface area (Å²) in [6.45, 7) is 0. The second-order valence-electron chi connectivity index (χ2n) is 4.11. The van der Waals surface area contributed by atoms with E-state index in [0.29, 0.717) is 5.69 Å². The Labute approximate surface area is 125 Å². The summed E-state index contributed by atoms with van der Waals surface area (Å²) in [5.74, 6) is -2.20. The average molecular weight is 300 g/mol. The van der Waals surface area contributed by atoms with Gasteiger partial charge in [0.25, 0.3) is 0 Å². The third-order valence-electron chi connectivity index (χ3n) is 2.69. The lowest BCUT2D eigenvalue weighted by Crippen LogP contribution is -2.16. The summed E-state index contributed by atoms with van der Waals surface area (Å²) in [4.78, 5) is 22.0. The lowest BCUT2D eigenvalue weighted by atomic mass is 10.2. The molecule has 0 saturated heterocycles. The van der Waals surface area contributed by atoms with E-state index in [-0.39, 0.29) is 16.8 Å². The van der Waals surface area contributed by atoms with Crippen LogP contribution < -0.4 is 11.0 Å². The van der Waals surface area contributed by atoms with Crippen molar-refractivity contribution >= 4 is 23.3 Å². The van der Waals surface area contributed by atoms with Gasteiger partial charge in [-0.25, -0.2) is 15.1 Å². The first-order valence-corrected chi connectivity index (χ1v) is 6.16. The van der Waals surface area contributed by atoms with Crippen LogP contribution in [0.4, 0.5) is 11.4 Å². The first-order valence-electron chi connectivity index (χ1n) is 6.16. The fourth-order valence-electron chi connectivity index (χ4n) is 1.68. The predicted octanol–water partition coefficient (Wildman–Crippen LogP) is 2.70. The highest BCUT2D eigenvalue weighted by Gasteiger charge is 2.09. The Kier molecular flexibility index (Phi) is 4.66. The Morgan fingerprint density at radius 1 is 0.864 bits per heavy atom. The zero-order chi connectivity index (χ0) is 15.9. The normalized spacial score (nSPS) is 10.4. The van der Waals surface area contributed by atoms with E-state index in [1.165, 1.54) is 18.2 Å². The molecule has 0 aromatic heterocycles. The van der Waals surface area contributed by atoms with Crippen molar-refractivity contribution in [2.75, 3.05) is 5.43 Å². The fraction of sp³-hybridized carbons (Fsp3) is 0. The Bertz CT molecular complexity index is 730. The van der Waals surface area contributed by atoms with Gasteiger partial charge in [-0.05, 0) is 24.3 Å². The van der Waals surface area contributed by atoms with Gasteiger partial charge in [-0.3, -0.25) is 5.43 Å². The zero-order valence-corrected chi connectivity index (χ0v) is 11.2. The average Bonchev–Trinajstić information content (AvgIpc) is 2.52. The number of carbonyl (C=O) groups is 2. The molecule has 0 aliphatic carbocycles. The van der Waals surface area contributed by atoms with Gasteiger partial charge in [-0.2, -0.15) is 0 Å². The second kappa shape index (κ2) is 6.84. The summed E-state index contributed by atoms with van der Waals surface area (Å²) in [5.41, 5.74) is 5.50. The molecular formula is C14H12N4O4. The molecule has 0 bridgehead atoms. The lowest BCUT2D eigenvalue weighted by Gasteiger charge is -2.07. The summed E-state index contributed by atoms with van der Waals surface area (Å²) in [6, 6.07) is 12.4. The van der Waals surface area contributed by atoms with Crippen LogP contribution >= 0.6 is 0 Å². The van der Waals surface area contributed by atoms with Crippen molar-refractivity contribution in [3.8, 4) is 0 Å². The van der Waals surface area contributed by atoms with E-state index in [9.17, 15) is 9.59 Å². The molecule has 0 fully saturated rings. The van der Waals surface area contributed by atoms with Crippen molar-refractivity contribution in [1.29, 1.82) is 0 Å². The number of benzene rings is 2. The molecule has 0 spiro atoms. The Morgan fingerprint density at radius 2 is 1.45 bits per heavy atom. The van der Waals surface area contributed by atoms with E-state index >= 15 is 0 Å². The molecule has 0 unspecified atom stereocenters. The van der Waals surface area contributed by atoms with Gasteiger partial charge in [0, 0.05) is 0 Å². The van der Waals surface area contributed by atoms with Crippen LogP contribution in [0.2, 0.25) is 0 Å². The monoisotopic (exact) mass is 300 g/mol. The molecule has 2 aromatic carbocycles. The van der Waals surface area contributed by atoms with Gasteiger partial charge in [0.15, 0.2) is 0 Å². The zero-order valence-electron chi connectivity index (χ0n) is 11.2. The molecule has 0 atom stereocenters. The molecule has 0 aliphatic heterocycles. The topological polar surface area (TPSA) is 123 Å². The van der Waals surface area contributed by atoms with Crippen molar-refractivity contribution < 1.29 is 19.8 Å². The highest BCUT2D eigenvalue weighted by Crippen LogP contribution is 2.18. The minimum absolute atomic E-state index is 0.0130. The number of carboxylic acids is 2. The maximum absolute atomic E-state index is 11.0. The van der Waals surface area contributed by atoms with E-state index in [4.69, 9.17) is 10.2 Å². The van der Waals surface area contributed by atoms with Crippen LogP contribution in [-0.2, 0) is 0 Å². The van der Waals surface area contributed by atoms with Crippen molar-refractivity contribution in [2.45, 2.75) is 0 Å². The Hall–Kier alpha value is -3.42. The number of rotatable bonds is 6. The Morgan fingerprint density at radius 3 is 2.14 bits per heavy atom. The van der Waals surface area contributed by atoms with Crippen LogP contribution in [0.3, 0.4) is 0 Å². The van der Waals surface area contributed by atoms with Gasteiger partial charge in [-0.15, -0.1) is 5.11 Å². The number of nitrogens with one attached hydrogen (secondary N) is 2. The van der Waals surface area contributed by atoms with Gasteiger partial charge in [0.05, 0.1) is 16.8 Å². The van der Waals surface area contributed by atoms with Crippen LogP contribution in [0.1, 0.15) is 20.7 Å². The number of hydrogen-bond acceptors (Lipinski definition) is 5. The highest BCUT2D eigenvalue weighted by molar-refractivity contribution is 5.94. The number of aromatic carboxylic acids is 2. The number of hydrogen-bond donors (Lipinski definition) is 4. The molecule has 8 heteroatoms. The van der Waals surface area contributed by atoms with Gasteiger partial charge >= 0.3 is 11.9 Å². The summed E-state index contributed by atoms with van der Waals surface area (Å²) in [5, 5.41) is 25.3. The number of hydrazine groups is 1. The molecule has 0 amide bonds. The lowest BCUT2D eigenvalue weighted by molar-refractivity contribution is 0.0686. The van der Waals surface area contributed by atoms with Gasteiger partial charge in [0.1, 0.15) is 5.69 Å². The standard InChI is InChI=1S/C14H12N4O4/c19-13(20)9-5-1-3-7-11(9)15-17-18-16-12-8-4-2-6-10(12)14(21)22/h1-8H,(H,15,18)(H,16,17)(H,19,20)(H,21,22). The Balaban J connectivity index is 2.06. The van der Waals surface area contributed by atoms with Crippen molar-refractivity contribution in [3.63, 3.8) is 0 Å². The third kappa shape index (κ3) is 3.57. The second-order valence-corrected chi connectivity index (χ2v) is 4.11. The van der Waals surface area contributed by atoms with E-state index < -0.39 is 11.9 Å². The van der Waals surface area contributed by atoms with Crippen LogP contribution in [0.25, 0.3) is 0 Å². The molecule has 0 saturated carbocycles. The highest BCUT2D eigenvalue weighted by atomic mass is 16.4. The largest absolute Gasteiger partial charge is 0.478 e. The molecule has 2 aromatic rings. The molecule has 0 heterocycles. The van der Waals surface area contributed by atoms with E-state index in [1.807, 2.05) is 0 Å². The maximum Gasteiger partial charge on any atom is 0.337 e. The fourth-order valence-corrected chi connectivity index (χ4v) is 1.68. The van der Waals surface area contributed by atoms with Gasteiger partial charge in [0.2, 0.25) is 0 Å². The van der Waals surface area contributed by atoms with Crippen molar-refractivity contribution in [3.05, 3.63) is 59.7 Å². The van der Waals surface area contributed by atoms with Crippen molar-refractivity contribution in [2.24, 2.45) is 10.3 Å². The van der Waals surface area contributed by atoms with E-state index in [1.54, 1.807) is 30.3 Å². The van der Waals surface area contributed by atoms with Crippen LogP contribution in [-0.4, -0.2) is 22.2 Å². The van der Waals surface area contributed by atoms with Crippen LogP contribution in [0.5, 0.6) is 0 Å². The molecular weight excluding hydrogens is 288 g/mol. The minimum atomic E-state index is -1.11. The van der Waals surface area contributed by atoms with E-state index in [0.717, 1.165) is 0 Å². The maximum atomic E-state index is 11.0. The molecule has 2 rings (SSSR count). The first kappa shape index (κ1) is 15.0. The number of para-hydroxylation sites is 1. The number of carboxylic acid groups (broad SMARTS) is 2. The number of anilines is 1. The van der Waals surface area contributed by atoms with Crippen LogP contribution in [0, 0.1) is 0 Å². The number of nitrogens with zero attached hydrogens (tertiary/aromatic N) is 2. The van der Waals surface area contributed by atoms with E-state index in [2.05, 4.69) is 21.3 Å². The SMILES string of the molecule is O=C(O)c1ccccc1N=NNNc1ccccc1C(=O)O. The van der Waals surface area contributed by atoms with Crippen molar-refractivity contribution in [1.82, 2.24) is 5.53 Å². The van der Waals surface area contributed by atoms with Gasteiger partial charge in [-0.1, -0.05) is 29.5 Å². The molecule has 8 nitrogen and oxygen atoms in total. The quantitative estimate of drug-likeness (QED) is 0.480. The molecule has 112 valence electrons. The smallest absolute Gasteiger partial charge is 0.337 e. The summed E-state index contributed by atoms with van der Waals surface area (Å²) < 4.78 is 0. The van der Waals surface area contributed by atoms with Gasteiger partial charge < -0.3 is 10.2 Å². The first-order chi connectivity index (χ1) is 10.6. The third-order valence-corrected chi connectivity index (χ3v) is 2.69. The van der Waals surface area contributed by atoms with Crippen LogP contribution in [0.15, 0.2) is 58.9 Å². The molecule has 0 radical (unpaired) electrons. The minimum Gasteiger partial charge on any atom is -0.478 e. The summed E-state index contributed by atoms with van der Waals surface area (Å²) in [6.07, 6.45) is 0. The molecule has 4 N–H and O–H groups in total. The summed E-state index contributed by atoms with van der Waals surface area (Å²) >= 11 is 0. The predicted molar refractivity (Wildman–Crippen MR) is 78.1 cm³/mol.